The second-order valence-corrected chi connectivity index (χ2v) is 5.35. The van der Waals surface area contributed by atoms with Crippen molar-refractivity contribution >= 4 is 13.3 Å². The van der Waals surface area contributed by atoms with Gasteiger partial charge in [0.25, 0.3) is 7.59 Å². The molecule has 0 fully saturated rings. The lowest BCUT2D eigenvalue weighted by Gasteiger charge is -2.13. The molecular formula is C10H18N3O3P. The number of benzene rings is 1. The Hall–Kier alpha value is -1.23. The fraction of sp³-hybridized carbons (Fsp3) is 0.400. The third kappa shape index (κ3) is 5.08. The Kier molecular flexibility index (Phi) is 4.81. The number of nitrogens with one attached hydrogen (secondary N) is 1. The smallest absolute Gasteiger partial charge is 0.298 e. The number of aromatic hydroxyl groups is 1. The van der Waals surface area contributed by atoms with Crippen molar-refractivity contribution < 1.29 is 14.4 Å². The Morgan fingerprint density at radius 3 is 2.76 bits per heavy atom. The van der Waals surface area contributed by atoms with Gasteiger partial charge in [-0.2, -0.15) is 0 Å². The van der Waals surface area contributed by atoms with Crippen molar-refractivity contribution in [3.05, 3.63) is 18.2 Å². The van der Waals surface area contributed by atoms with E-state index in [-0.39, 0.29) is 5.75 Å². The molecule has 0 radical (unpaired) electrons. The van der Waals surface area contributed by atoms with Gasteiger partial charge in [0.2, 0.25) is 0 Å². The molecule has 0 atom stereocenters. The zero-order valence-corrected chi connectivity index (χ0v) is 10.6. The van der Waals surface area contributed by atoms with Crippen LogP contribution in [-0.4, -0.2) is 11.7 Å². The maximum absolute atomic E-state index is 11.2. The highest BCUT2D eigenvalue weighted by Gasteiger charge is 2.10. The van der Waals surface area contributed by atoms with Gasteiger partial charge in [-0.15, -0.1) is 0 Å². The minimum atomic E-state index is -3.34. The average molecular weight is 259 g/mol. The van der Waals surface area contributed by atoms with E-state index in [0.717, 1.165) is 12.8 Å². The Labute approximate surface area is 100 Å². The summed E-state index contributed by atoms with van der Waals surface area (Å²) < 4.78 is 16.6. The maximum atomic E-state index is 11.2. The van der Waals surface area contributed by atoms with Gasteiger partial charge in [0, 0.05) is 11.8 Å². The van der Waals surface area contributed by atoms with E-state index >= 15 is 0 Å². The van der Waals surface area contributed by atoms with E-state index in [4.69, 9.17) is 15.7 Å². The van der Waals surface area contributed by atoms with Crippen molar-refractivity contribution in [3.63, 3.8) is 0 Å². The van der Waals surface area contributed by atoms with Crippen LogP contribution in [0, 0.1) is 0 Å². The lowest BCUT2D eigenvalue weighted by molar-refractivity contribution is 0.293. The molecule has 0 bridgehead atoms. The summed E-state index contributed by atoms with van der Waals surface area (Å²) in [7, 11) is -3.34. The van der Waals surface area contributed by atoms with Gasteiger partial charge in [0.05, 0.1) is 6.61 Å². The van der Waals surface area contributed by atoms with Gasteiger partial charge in [0.1, 0.15) is 0 Å². The molecule has 0 aliphatic heterocycles. The third-order valence-electron chi connectivity index (χ3n) is 2.02. The number of phenolic OH excluding ortho intramolecular Hbond substituents is 1. The van der Waals surface area contributed by atoms with Crippen LogP contribution < -0.4 is 20.8 Å². The third-order valence-corrected chi connectivity index (χ3v) is 2.63. The first kappa shape index (κ1) is 13.8. The Bertz CT molecular complexity index is 419. The lowest BCUT2D eigenvalue weighted by atomic mass is 10.3. The predicted octanol–water partition coefficient (Wildman–Crippen LogP) is 2.01. The molecule has 0 unspecified atom stereocenters. The fourth-order valence-electron chi connectivity index (χ4n) is 1.23. The van der Waals surface area contributed by atoms with E-state index in [1.165, 1.54) is 18.2 Å². The number of rotatable bonds is 6. The maximum Gasteiger partial charge on any atom is 0.298 e. The summed E-state index contributed by atoms with van der Waals surface area (Å²) in [5, 5.41) is 12.0. The second kappa shape index (κ2) is 5.91. The first-order valence-corrected chi connectivity index (χ1v) is 7.18. The average Bonchev–Trinajstić information content (AvgIpc) is 2.21. The molecule has 0 aromatic heterocycles. The van der Waals surface area contributed by atoms with Gasteiger partial charge in [0.15, 0.2) is 11.5 Å². The Morgan fingerprint density at radius 1 is 1.47 bits per heavy atom. The molecule has 1 aromatic carbocycles. The molecule has 6 N–H and O–H groups in total. The van der Waals surface area contributed by atoms with Crippen LogP contribution in [0.4, 0.5) is 5.69 Å². The number of anilines is 1. The molecule has 1 rings (SSSR count). The lowest BCUT2D eigenvalue weighted by Crippen LogP contribution is -2.13. The number of phenols is 1. The summed E-state index contributed by atoms with van der Waals surface area (Å²) in [6, 6.07) is 4.46. The van der Waals surface area contributed by atoms with E-state index in [1.807, 2.05) is 6.92 Å². The topological polar surface area (TPSA) is 111 Å². The number of hydrogen-bond donors (Lipinski definition) is 4. The normalized spacial score (nSPS) is 11.2. The van der Waals surface area contributed by atoms with Crippen molar-refractivity contribution in [2.24, 2.45) is 11.0 Å². The van der Waals surface area contributed by atoms with Gasteiger partial charge < -0.3 is 14.9 Å². The van der Waals surface area contributed by atoms with E-state index < -0.39 is 7.59 Å². The van der Waals surface area contributed by atoms with Crippen molar-refractivity contribution in [1.29, 1.82) is 0 Å². The van der Waals surface area contributed by atoms with Crippen LogP contribution in [-0.2, 0) is 4.57 Å². The van der Waals surface area contributed by atoms with Gasteiger partial charge in [-0.05, 0) is 18.6 Å². The molecule has 96 valence electrons. The SMILES string of the molecule is CCCCOc1cc(NP(N)(N)=O)ccc1O. The standard InChI is InChI=1S/C10H18N3O3P/c1-2-3-6-16-10-7-8(4-5-9(10)14)13-17(11,12)15/h4-5,7,14H,2-3,6H2,1H3,(H5,11,12,13,15). The predicted molar refractivity (Wildman–Crippen MR) is 68.1 cm³/mol. The molecule has 1 aromatic rings. The van der Waals surface area contributed by atoms with Crippen LogP contribution >= 0.6 is 7.59 Å². The summed E-state index contributed by atoms with van der Waals surface area (Å²) >= 11 is 0. The van der Waals surface area contributed by atoms with Crippen LogP contribution in [0.25, 0.3) is 0 Å². The molecule has 0 spiro atoms. The highest BCUT2D eigenvalue weighted by atomic mass is 31.2. The molecule has 0 aliphatic carbocycles. The number of nitrogens with two attached hydrogens (primary N) is 2. The van der Waals surface area contributed by atoms with Gasteiger partial charge in [-0.1, -0.05) is 13.3 Å². The summed E-state index contributed by atoms with van der Waals surface area (Å²) in [6.45, 7) is 2.55. The first-order valence-electron chi connectivity index (χ1n) is 5.33. The summed E-state index contributed by atoms with van der Waals surface area (Å²) in [5.41, 5.74) is 10.8. The monoisotopic (exact) mass is 259 g/mol. The zero-order chi connectivity index (χ0) is 12.9. The van der Waals surface area contributed by atoms with Gasteiger partial charge in [-0.25, -0.2) is 0 Å². The highest BCUT2D eigenvalue weighted by Crippen LogP contribution is 2.34. The molecule has 7 heteroatoms. The molecule has 0 aliphatic rings. The molecular weight excluding hydrogens is 241 g/mol. The van der Waals surface area contributed by atoms with Crippen LogP contribution in [0.1, 0.15) is 19.8 Å². The number of unbranched alkanes of at least 4 members (excludes halogenated alkanes) is 1. The van der Waals surface area contributed by atoms with E-state index in [0.29, 0.717) is 18.0 Å². The molecule has 0 saturated carbocycles. The van der Waals surface area contributed by atoms with Crippen molar-refractivity contribution in [3.8, 4) is 11.5 Å². The molecule has 17 heavy (non-hydrogen) atoms. The molecule has 6 nitrogen and oxygen atoms in total. The Balaban J connectivity index is 2.76. The molecule has 0 amide bonds. The minimum absolute atomic E-state index is 0.0236. The van der Waals surface area contributed by atoms with Crippen LogP contribution in [0.5, 0.6) is 11.5 Å². The minimum Gasteiger partial charge on any atom is -0.504 e. The largest absolute Gasteiger partial charge is 0.504 e. The molecule has 0 saturated heterocycles. The van der Waals surface area contributed by atoms with Crippen LogP contribution in [0.3, 0.4) is 0 Å². The Morgan fingerprint density at radius 2 is 2.18 bits per heavy atom. The molecule has 0 heterocycles. The highest BCUT2D eigenvalue weighted by molar-refractivity contribution is 7.60. The number of hydrogen-bond acceptors (Lipinski definition) is 3. The van der Waals surface area contributed by atoms with Crippen LogP contribution in [0.2, 0.25) is 0 Å². The van der Waals surface area contributed by atoms with E-state index in [1.54, 1.807) is 0 Å². The van der Waals surface area contributed by atoms with Crippen molar-refractivity contribution in [1.82, 2.24) is 0 Å². The summed E-state index contributed by atoms with van der Waals surface area (Å²) in [4.78, 5) is 0. The van der Waals surface area contributed by atoms with Crippen molar-refractivity contribution in [2.45, 2.75) is 19.8 Å². The van der Waals surface area contributed by atoms with Gasteiger partial charge >= 0.3 is 0 Å². The fourth-order valence-corrected chi connectivity index (χ4v) is 1.77. The van der Waals surface area contributed by atoms with Gasteiger partial charge in [-0.3, -0.25) is 15.6 Å². The van der Waals surface area contributed by atoms with Crippen LogP contribution in [0.15, 0.2) is 18.2 Å². The zero-order valence-electron chi connectivity index (χ0n) is 9.72. The van der Waals surface area contributed by atoms with E-state index in [9.17, 15) is 9.67 Å². The van der Waals surface area contributed by atoms with Crippen molar-refractivity contribution in [2.75, 3.05) is 11.7 Å². The van der Waals surface area contributed by atoms with E-state index in [2.05, 4.69) is 5.09 Å². The second-order valence-electron chi connectivity index (χ2n) is 3.71. The number of ether oxygens (including phenoxy) is 1. The quantitative estimate of drug-likeness (QED) is 0.353. The summed E-state index contributed by atoms with van der Waals surface area (Å²) in [6.07, 6.45) is 1.89. The first-order chi connectivity index (χ1) is 7.92. The summed E-state index contributed by atoms with van der Waals surface area (Å²) in [5.74, 6) is 0.340.